The molecule has 1 unspecified atom stereocenters. The lowest BCUT2D eigenvalue weighted by Crippen LogP contribution is -2.44. The minimum absolute atomic E-state index is 0. The van der Waals surface area contributed by atoms with Crippen LogP contribution in [0, 0.1) is 12.8 Å². The van der Waals surface area contributed by atoms with Gasteiger partial charge in [-0.15, -0.1) is 24.0 Å². The third-order valence-corrected chi connectivity index (χ3v) is 4.34. The third-order valence-electron chi connectivity index (χ3n) is 4.34. The van der Waals surface area contributed by atoms with Gasteiger partial charge in [0.1, 0.15) is 5.75 Å². The van der Waals surface area contributed by atoms with Crippen molar-refractivity contribution in [2.45, 2.75) is 19.9 Å². The highest BCUT2D eigenvalue weighted by molar-refractivity contribution is 14.0. The van der Waals surface area contributed by atoms with Crippen LogP contribution in [0.3, 0.4) is 0 Å². The van der Waals surface area contributed by atoms with Crippen LogP contribution in [0.25, 0.3) is 0 Å². The van der Waals surface area contributed by atoms with Gasteiger partial charge in [-0.25, -0.2) is 4.99 Å². The maximum absolute atomic E-state index is 11.9. The van der Waals surface area contributed by atoms with Gasteiger partial charge in [0.2, 0.25) is 5.91 Å². The molecule has 1 aliphatic rings. The molecule has 1 atom stereocenters. The van der Waals surface area contributed by atoms with E-state index in [0.717, 1.165) is 43.1 Å². The summed E-state index contributed by atoms with van der Waals surface area (Å²) in [6.45, 7) is 5.05. The lowest BCUT2D eigenvalue weighted by atomic mass is 10.1. The number of nitrogens with zero attached hydrogens (tertiary/aromatic N) is 2. The van der Waals surface area contributed by atoms with Crippen molar-refractivity contribution in [2.75, 3.05) is 47.5 Å². The summed E-state index contributed by atoms with van der Waals surface area (Å²) < 4.78 is 10.9. The van der Waals surface area contributed by atoms with E-state index in [4.69, 9.17) is 9.47 Å². The van der Waals surface area contributed by atoms with Crippen LogP contribution in [-0.4, -0.2) is 64.3 Å². The Morgan fingerprint density at radius 2 is 2.15 bits per heavy atom. The Kier molecular flexibility index (Phi) is 10.5. The van der Waals surface area contributed by atoms with Crippen molar-refractivity contribution in [3.8, 4) is 5.75 Å². The molecule has 1 amide bonds. The summed E-state index contributed by atoms with van der Waals surface area (Å²) in [5.74, 6) is 1.91. The van der Waals surface area contributed by atoms with E-state index in [9.17, 15) is 4.79 Å². The molecule has 7 nitrogen and oxygen atoms in total. The highest BCUT2D eigenvalue weighted by Gasteiger charge is 2.16. The van der Waals surface area contributed by atoms with Crippen LogP contribution in [0.15, 0.2) is 23.2 Å². The number of aliphatic imine (C=N–C) groups is 1. The highest BCUT2D eigenvalue weighted by Crippen LogP contribution is 2.20. The summed E-state index contributed by atoms with van der Waals surface area (Å²) in [5, 5.41) is 6.43. The molecule has 1 fully saturated rings. The van der Waals surface area contributed by atoms with Crippen LogP contribution >= 0.6 is 24.0 Å². The van der Waals surface area contributed by atoms with Crippen LogP contribution in [0.4, 0.5) is 0 Å². The monoisotopic (exact) mass is 490 g/mol. The Hall–Kier alpha value is -1.55. The number of aryl methyl sites for hydroxylation is 1. The van der Waals surface area contributed by atoms with Gasteiger partial charge in [0.25, 0.3) is 0 Å². The second-order valence-electron chi connectivity index (χ2n) is 6.73. The summed E-state index contributed by atoms with van der Waals surface area (Å²) in [5.41, 5.74) is 2.14. The fraction of sp³-hybridized carbons (Fsp3) is 0.579. The first kappa shape index (κ1) is 23.5. The first-order chi connectivity index (χ1) is 12.5. The second kappa shape index (κ2) is 12.0. The van der Waals surface area contributed by atoms with E-state index in [2.05, 4.69) is 15.6 Å². The summed E-state index contributed by atoms with van der Waals surface area (Å²) in [6.07, 6.45) is 1.04. The summed E-state index contributed by atoms with van der Waals surface area (Å²) in [6, 6.07) is 6.06. The van der Waals surface area contributed by atoms with E-state index in [1.54, 1.807) is 26.1 Å². The SMILES string of the molecule is COc1cc(C)ccc1CN=C(NCC(=O)N(C)C)NCC1CCOC1.I. The van der Waals surface area contributed by atoms with Crippen LogP contribution in [0.5, 0.6) is 5.75 Å². The number of guanidine groups is 1. The first-order valence-electron chi connectivity index (χ1n) is 8.93. The van der Waals surface area contributed by atoms with Crippen molar-refractivity contribution in [3.63, 3.8) is 0 Å². The minimum Gasteiger partial charge on any atom is -0.496 e. The Labute approximate surface area is 178 Å². The zero-order chi connectivity index (χ0) is 18.9. The average Bonchev–Trinajstić information content (AvgIpc) is 3.14. The smallest absolute Gasteiger partial charge is 0.241 e. The van der Waals surface area contributed by atoms with E-state index in [1.807, 2.05) is 25.1 Å². The Bertz CT molecular complexity index is 631. The van der Waals surface area contributed by atoms with Crippen LogP contribution in [0.1, 0.15) is 17.5 Å². The normalized spacial score (nSPS) is 16.4. The van der Waals surface area contributed by atoms with Gasteiger partial charge in [-0.1, -0.05) is 12.1 Å². The fourth-order valence-corrected chi connectivity index (χ4v) is 2.62. The van der Waals surface area contributed by atoms with Crippen LogP contribution in [-0.2, 0) is 16.1 Å². The maximum Gasteiger partial charge on any atom is 0.241 e. The number of carbonyl (C=O) groups excluding carboxylic acids is 1. The van der Waals surface area contributed by atoms with E-state index in [1.165, 1.54) is 0 Å². The van der Waals surface area contributed by atoms with Crippen LogP contribution in [0.2, 0.25) is 0 Å². The van der Waals surface area contributed by atoms with E-state index >= 15 is 0 Å². The molecule has 152 valence electrons. The number of methoxy groups -OCH3 is 1. The van der Waals surface area contributed by atoms with Gasteiger partial charge < -0.3 is 25.0 Å². The lowest BCUT2D eigenvalue weighted by molar-refractivity contribution is -0.127. The topological polar surface area (TPSA) is 75.2 Å². The first-order valence-corrected chi connectivity index (χ1v) is 8.93. The van der Waals surface area contributed by atoms with Crippen molar-refractivity contribution < 1.29 is 14.3 Å². The molecule has 0 saturated carbocycles. The molecule has 0 spiro atoms. The molecule has 1 aliphatic heterocycles. The highest BCUT2D eigenvalue weighted by atomic mass is 127. The van der Waals surface area contributed by atoms with Crippen molar-refractivity contribution in [1.29, 1.82) is 0 Å². The van der Waals surface area contributed by atoms with Crippen molar-refractivity contribution in [3.05, 3.63) is 29.3 Å². The van der Waals surface area contributed by atoms with Gasteiger partial charge in [-0.3, -0.25) is 4.79 Å². The molecule has 0 aliphatic carbocycles. The Morgan fingerprint density at radius 3 is 2.78 bits per heavy atom. The number of nitrogens with one attached hydrogen (secondary N) is 2. The minimum atomic E-state index is -0.00313. The molecule has 1 aromatic carbocycles. The maximum atomic E-state index is 11.9. The van der Waals surface area contributed by atoms with Crippen LogP contribution < -0.4 is 15.4 Å². The molecule has 1 aromatic rings. The van der Waals surface area contributed by atoms with E-state index in [-0.39, 0.29) is 36.4 Å². The van der Waals surface area contributed by atoms with Gasteiger partial charge in [-0.2, -0.15) is 0 Å². The Balaban J connectivity index is 0.00000364. The van der Waals surface area contributed by atoms with E-state index in [0.29, 0.717) is 18.4 Å². The quantitative estimate of drug-likeness (QED) is 0.347. The van der Waals surface area contributed by atoms with Gasteiger partial charge in [0, 0.05) is 38.7 Å². The zero-order valence-corrected chi connectivity index (χ0v) is 18.9. The summed E-state index contributed by atoms with van der Waals surface area (Å²) in [4.78, 5) is 18.0. The molecule has 0 bridgehead atoms. The molecule has 0 radical (unpaired) electrons. The summed E-state index contributed by atoms with van der Waals surface area (Å²) in [7, 11) is 5.14. The van der Waals surface area contributed by atoms with Crippen molar-refractivity contribution >= 4 is 35.8 Å². The summed E-state index contributed by atoms with van der Waals surface area (Å²) >= 11 is 0. The predicted molar refractivity (Wildman–Crippen MR) is 118 cm³/mol. The number of hydrogen-bond acceptors (Lipinski definition) is 4. The molecule has 0 aromatic heterocycles. The molecule has 2 N–H and O–H groups in total. The van der Waals surface area contributed by atoms with Gasteiger partial charge in [0.15, 0.2) is 5.96 Å². The second-order valence-corrected chi connectivity index (χ2v) is 6.73. The predicted octanol–water partition coefficient (Wildman–Crippen LogP) is 1.78. The average molecular weight is 490 g/mol. The fourth-order valence-electron chi connectivity index (χ4n) is 2.62. The van der Waals surface area contributed by atoms with Gasteiger partial charge in [-0.05, 0) is 25.0 Å². The molecule has 27 heavy (non-hydrogen) atoms. The molecule has 1 saturated heterocycles. The third kappa shape index (κ3) is 7.92. The number of rotatable bonds is 7. The van der Waals surface area contributed by atoms with E-state index < -0.39 is 0 Å². The standard InChI is InChI=1S/C19H30N4O3.HI/c1-14-5-6-16(17(9-14)25-4)11-21-19(22-12-18(24)23(2)3)20-10-15-7-8-26-13-15;/h5-6,9,15H,7-8,10-13H2,1-4H3,(H2,20,21,22);1H. The molecular formula is C19H31IN4O3. The van der Waals surface area contributed by atoms with Crippen molar-refractivity contribution in [1.82, 2.24) is 15.5 Å². The van der Waals surface area contributed by atoms with Gasteiger partial charge >= 0.3 is 0 Å². The Morgan fingerprint density at radius 1 is 1.37 bits per heavy atom. The molecule has 8 heteroatoms. The zero-order valence-electron chi connectivity index (χ0n) is 16.6. The van der Waals surface area contributed by atoms with Crippen molar-refractivity contribution in [2.24, 2.45) is 10.9 Å². The van der Waals surface area contributed by atoms with Gasteiger partial charge in [0.05, 0.1) is 26.8 Å². The number of ether oxygens (including phenoxy) is 2. The molecule has 2 rings (SSSR count). The molecule has 1 heterocycles. The number of hydrogen-bond donors (Lipinski definition) is 2. The lowest BCUT2D eigenvalue weighted by Gasteiger charge is -2.17. The largest absolute Gasteiger partial charge is 0.496 e. The number of benzene rings is 1. The number of amides is 1. The molecular weight excluding hydrogens is 459 g/mol. The number of likely N-dealkylation sites (N-methyl/N-ethyl adjacent to an activating group) is 1. The number of carbonyl (C=O) groups is 1. The number of halogens is 1.